The molecule has 3 aliphatic heterocycles. The number of carboxylic acids is 1. The Kier molecular flexibility index (Phi) is 13.8. The van der Waals surface area contributed by atoms with Crippen molar-refractivity contribution < 1.29 is 51.9 Å². The standard InChI is InChI=1S/C49H63N5O11S/c1-31(2)27-53(66(59,60)36-17-15-34(61-6)16-18-36)29-42(55)40(50-47(58)65-44-30-63-49(5)38(44)21-24-62-49)25-32-11-13-33(14-12-32)52-23-20-35(28-52)64-43-10-8-7-9-41(43)54-45(46(56)57)37-26-48(3,4)22-19-39(37)51-54/h7-18,31,35,38,40,42,44,55H,19-30H2,1-6H3,(H,50,58)(H,56,57)/t35-,38-,40-,42+,44-,49+/m0/s1. The number of methoxy groups -OCH3 is 1. The summed E-state index contributed by atoms with van der Waals surface area (Å²) in [7, 11) is -2.55. The first-order chi connectivity index (χ1) is 31.4. The average molecular weight is 930 g/mol. The molecule has 6 atom stereocenters. The van der Waals surface area contributed by atoms with E-state index in [1.807, 2.05) is 69.3 Å². The molecule has 356 valence electrons. The van der Waals surface area contributed by atoms with E-state index in [-0.39, 0.29) is 60.1 Å². The van der Waals surface area contributed by atoms with Crippen LogP contribution in [0, 0.1) is 17.3 Å². The fourth-order valence-electron chi connectivity index (χ4n) is 9.79. The van der Waals surface area contributed by atoms with Gasteiger partial charge in [0, 0.05) is 37.3 Å². The summed E-state index contributed by atoms with van der Waals surface area (Å²) in [5, 5.41) is 30.0. The molecule has 0 radical (unpaired) electrons. The molecule has 8 rings (SSSR count). The number of ether oxygens (including phenoxy) is 5. The van der Waals surface area contributed by atoms with E-state index in [9.17, 15) is 28.2 Å². The lowest BCUT2D eigenvalue weighted by molar-refractivity contribution is -0.181. The Morgan fingerprint density at radius 2 is 1.74 bits per heavy atom. The van der Waals surface area contributed by atoms with Gasteiger partial charge in [0.05, 0.1) is 55.5 Å². The summed E-state index contributed by atoms with van der Waals surface area (Å²) in [6, 6.07) is 20.5. The second-order valence-corrected chi connectivity index (χ2v) is 21.3. The van der Waals surface area contributed by atoms with Crippen LogP contribution in [0.1, 0.15) is 81.2 Å². The summed E-state index contributed by atoms with van der Waals surface area (Å²) in [5.74, 6) is -0.968. The van der Waals surface area contributed by atoms with E-state index in [0.717, 1.165) is 48.3 Å². The Labute approximate surface area is 387 Å². The van der Waals surface area contributed by atoms with Gasteiger partial charge in [0.25, 0.3) is 0 Å². The number of hydrogen-bond acceptors (Lipinski definition) is 12. The number of amides is 1. The SMILES string of the molecule is COc1ccc(S(=O)(=O)N(CC(C)C)C[C@@H](O)[C@H](Cc2ccc(N3CC[C@H](Oc4ccccc4-n4nc5c(c4C(=O)O)CC(C)(C)CC5)C3)cc2)NC(=O)O[C@H]2CO[C@@]3(C)OCC[C@@H]23)cc1. The summed E-state index contributed by atoms with van der Waals surface area (Å²) in [6.45, 7) is 11.8. The third-order valence-electron chi connectivity index (χ3n) is 13.4. The molecule has 4 heterocycles. The van der Waals surface area contributed by atoms with Gasteiger partial charge in [0.2, 0.25) is 10.0 Å². The molecule has 3 N–H and O–H groups in total. The van der Waals surface area contributed by atoms with Crippen molar-refractivity contribution in [3.63, 3.8) is 0 Å². The summed E-state index contributed by atoms with van der Waals surface area (Å²) in [5.41, 5.74) is 4.13. The molecule has 3 saturated heterocycles. The van der Waals surface area contributed by atoms with Gasteiger partial charge in [-0.1, -0.05) is 52.0 Å². The van der Waals surface area contributed by atoms with Crippen molar-refractivity contribution in [2.75, 3.05) is 51.4 Å². The van der Waals surface area contributed by atoms with Crippen molar-refractivity contribution in [2.45, 2.75) is 108 Å². The minimum atomic E-state index is -4.05. The number of para-hydroxylation sites is 2. The second-order valence-electron chi connectivity index (χ2n) is 19.4. The predicted molar refractivity (Wildman–Crippen MR) is 246 cm³/mol. The maximum absolute atomic E-state index is 14.0. The largest absolute Gasteiger partial charge is 0.497 e. The quantitative estimate of drug-likeness (QED) is 0.108. The van der Waals surface area contributed by atoms with E-state index in [0.29, 0.717) is 43.2 Å². The van der Waals surface area contributed by atoms with Crippen molar-refractivity contribution in [3.8, 4) is 17.2 Å². The predicted octanol–water partition coefficient (Wildman–Crippen LogP) is 6.25. The number of rotatable bonds is 17. The fourth-order valence-corrected chi connectivity index (χ4v) is 11.4. The van der Waals surface area contributed by atoms with Crippen LogP contribution in [-0.2, 0) is 43.5 Å². The maximum Gasteiger partial charge on any atom is 0.407 e. The van der Waals surface area contributed by atoms with Crippen LogP contribution in [0.4, 0.5) is 10.5 Å². The third-order valence-corrected chi connectivity index (χ3v) is 15.3. The van der Waals surface area contributed by atoms with Gasteiger partial charge in [-0.3, -0.25) is 0 Å². The number of aliphatic hydroxyl groups is 1. The number of alkyl carbamates (subject to hydrolysis) is 1. The lowest BCUT2D eigenvalue weighted by atomic mass is 9.76. The maximum atomic E-state index is 14.0. The molecule has 4 aromatic rings. The van der Waals surface area contributed by atoms with Gasteiger partial charge in [-0.25, -0.2) is 22.7 Å². The number of anilines is 1. The van der Waals surface area contributed by atoms with Gasteiger partial charge in [-0.15, -0.1) is 0 Å². The summed E-state index contributed by atoms with van der Waals surface area (Å²) in [4.78, 5) is 28.6. The third kappa shape index (κ3) is 10.2. The molecule has 0 unspecified atom stereocenters. The minimum Gasteiger partial charge on any atom is -0.497 e. The number of nitrogens with one attached hydrogen (secondary N) is 1. The van der Waals surface area contributed by atoms with Gasteiger partial charge in [-0.05, 0) is 104 Å². The number of hydrogen-bond donors (Lipinski definition) is 3. The highest BCUT2D eigenvalue weighted by atomic mass is 32.2. The number of nitrogens with zero attached hydrogens (tertiary/aromatic N) is 4. The summed E-state index contributed by atoms with van der Waals surface area (Å²) < 4.78 is 60.3. The fraction of sp³-hybridized carbons (Fsp3) is 0.531. The van der Waals surface area contributed by atoms with Crippen molar-refractivity contribution >= 4 is 27.8 Å². The van der Waals surface area contributed by atoms with E-state index in [4.69, 9.17) is 28.8 Å². The number of aryl methyl sites for hydroxylation is 1. The highest BCUT2D eigenvalue weighted by Crippen LogP contribution is 2.42. The molecule has 1 aromatic heterocycles. The van der Waals surface area contributed by atoms with Crippen molar-refractivity contribution in [3.05, 3.63) is 95.3 Å². The Hall–Kier alpha value is -5.20. The smallest absolute Gasteiger partial charge is 0.407 e. The molecule has 1 amide bonds. The van der Waals surface area contributed by atoms with E-state index in [2.05, 4.69) is 24.1 Å². The highest BCUT2D eigenvalue weighted by Gasteiger charge is 2.53. The number of carboxylic acid groups (broad SMARTS) is 1. The molecular weight excluding hydrogens is 867 g/mol. The Bertz CT molecular complexity index is 2480. The highest BCUT2D eigenvalue weighted by molar-refractivity contribution is 7.89. The van der Waals surface area contributed by atoms with Gasteiger partial charge in [-0.2, -0.15) is 9.40 Å². The van der Waals surface area contributed by atoms with Crippen LogP contribution in [0.5, 0.6) is 11.5 Å². The van der Waals surface area contributed by atoms with Gasteiger partial charge < -0.3 is 44.1 Å². The normalized spacial score (nSPS) is 23.3. The summed E-state index contributed by atoms with van der Waals surface area (Å²) in [6.07, 6.45) is 1.09. The van der Waals surface area contributed by atoms with E-state index in [1.54, 1.807) is 16.8 Å². The lowest BCUT2D eigenvalue weighted by Crippen LogP contribution is -2.51. The van der Waals surface area contributed by atoms with E-state index >= 15 is 0 Å². The number of fused-ring (bicyclic) bond motifs is 2. The molecule has 16 nitrogen and oxygen atoms in total. The molecule has 3 fully saturated rings. The number of carbonyl (C=O) groups is 2. The zero-order valence-electron chi connectivity index (χ0n) is 38.6. The van der Waals surface area contributed by atoms with Crippen LogP contribution in [0.3, 0.4) is 0 Å². The van der Waals surface area contributed by atoms with Crippen molar-refractivity contribution in [2.24, 2.45) is 17.3 Å². The van der Waals surface area contributed by atoms with Gasteiger partial charge >= 0.3 is 12.1 Å². The molecule has 0 spiro atoms. The van der Waals surface area contributed by atoms with Crippen LogP contribution in [0.15, 0.2) is 77.7 Å². The van der Waals surface area contributed by atoms with Crippen molar-refractivity contribution in [1.82, 2.24) is 19.4 Å². The zero-order chi connectivity index (χ0) is 47.0. The van der Waals surface area contributed by atoms with Gasteiger partial charge in [0.15, 0.2) is 11.5 Å². The molecule has 0 bridgehead atoms. The first kappa shape index (κ1) is 47.3. The Morgan fingerprint density at radius 3 is 2.45 bits per heavy atom. The van der Waals surface area contributed by atoms with E-state index in [1.165, 1.54) is 23.5 Å². The molecule has 1 aliphatic carbocycles. The number of sulfonamides is 1. The Morgan fingerprint density at radius 1 is 1.00 bits per heavy atom. The molecule has 66 heavy (non-hydrogen) atoms. The second kappa shape index (κ2) is 19.2. The number of aromatic carboxylic acids is 1. The molecular formula is C49H63N5O11S. The number of aliphatic hydroxyl groups excluding tert-OH is 1. The number of benzene rings is 3. The molecule has 4 aliphatic rings. The first-order valence-corrected chi connectivity index (χ1v) is 24.4. The van der Waals surface area contributed by atoms with Gasteiger partial charge in [0.1, 0.15) is 29.4 Å². The minimum absolute atomic E-state index is 0.0147. The topological polar surface area (TPSA) is 191 Å². The average Bonchev–Trinajstić information content (AvgIpc) is 4.06. The van der Waals surface area contributed by atoms with Crippen LogP contribution < -0.4 is 19.7 Å². The first-order valence-electron chi connectivity index (χ1n) is 22.9. The van der Waals surface area contributed by atoms with Crippen LogP contribution in [-0.4, -0.2) is 121 Å². The lowest BCUT2D eigenvalue weighted by Gasteiger charge is -2.31. The monoisotopic (exact) mass is 929 g/mol. The molecule has 3 aromatic carbocycles. The molecule has 17 heteroatoms. The van der Waals surface area contributed by atoms with E-state index < -0.39 is 46.1 Å². The summed E-state index contributed by atoms with van der Waals surface area (Å²) >= 11 is 0. The molecule has 0 saturated carbocycles. The van der Waals surface area contributed by atoms with Crippen LogP contribution >= 0.6 is 0 Å². The number of aromatic nitrogens is 2. The Balaban J connectivity index is 0.968. The number of carbonyl (C=O) groups excluding carboxylic acids is 1. The van der Waals surface area contributed by atoms with Crippen LogP contribution in [0.2, 0.25) is 0 Å². The zero-order valence-corrected chi connectivity index (χ0v) is 39.5. The van der Waals surface area contributed by atoms with Crippen molar-refractivity contribution in [1.29, 1.82) is 0 Å². The van der Waals surface area contributed by atoms with Crippen LogP contribution in [0.25, 0.3) is 5.69 Å².